The molecule has 0 bridgehead atoms. The van der Waals surface area contributed by atoms with E-state index in [1.165, 1.54) is 11.8 Å². The maximum atomic E-state index is 10.0. The monoisotopic (exact) mass is 335 g/mol. The molecule has 1 atom stereocenters. The van der Waals surface area contributed by atoms with Crippen molar-refractivity contribution in [3.8, 4) is 5.75 Å². The summed E-state index contributed by atoms with van der Waals surface area (Å²) in [4.78, 5) is 0. The van der Waals surface area contributed by atoms with Gasteiger partial charge in [0.1, 0.15) is 12.4 Å². The lowest BCUT2D eigenvalue weighted by Crippen LogP contribution is -2.20. The Labute approximate surface area is 136 Å². The van der Waals surface area contributed by atoms with E-state index in [0.717, 1.165) is 10.8 Å². The molecule has 0 amide bonds. The Bertz CT molecular complexity index is 748. The topological polar surface area (TPSA) is 59.7 Å². The minimum atomic E-state index is -0.600. The van der Waals surface area contributed by atoms with Gasteiger partial charge in [0.15, 0.2) is 10.8 Å². The molecule has 1 N–H and O–H groups in total. The number of pyridine rings is 1. The summed E-state index contributed by atoms with van der Waals surface area (Å²) in [6.07, 6.45) is 1.30. The number of ether oxygens (including phenoxy) is 1. The molecule has 0 spiro atoms. The Balaban J connectivity index is 1.52. The van der Waals surface area contributed by atoms with Gasteiger partial charge in [0, 0.05) is 17.0 Å². The fraction of sp³-hybridized carbons (Fsp3) is 0.200. The van der Waals surface area contributed by atoms with Crippen LogP contribution in [0.3, 0.4) is 0 Å². The van der Waals surface area contributed by atoms with Crippen LogP contribution in [0.15, 0.2) is 53.8 Å². The summed E-state index contributed by atoms with van der Waals surface area (Å²) in [5, 5.41) is 19.6. The van der Waals surface area contributed by atoms with Gasteiger partial charge in [-0.15, -0.1) is 10.2 Å². The first kappa shape index (κ1) is 15.1. The Morgan fingerprint density at radius 3 is 2.82 bits per heavy atom. The Morgan fingerprint density at radius 1 is 1.18 bits per heavy atom. The number of hydrogen-bond acceptors (Lipinski definition) is 5. The first-order chi connectivity index (χ1) is 10.7. The van der Waals surface area contributed by atoms with Crippen molar-refractivity contribution in [3.05, 3.63) is 53.7 Å². The van der Waals surface area contributed by atoms with E-state index >= 15 is 0 Å². The number of fused-ring (bicyclic) bond motifs is 1. The van der Waals surface area contributed by atoms with Crippen LogP contribution in [0.4, 0.5) is 0 Å². The number of rotatable bonds is 6. The fourth-order valence-electron chi connectivity index (χ4n) is 1.86. The average Bonchev–Trinajstić information content (AvgIpc) is 2.96. The molecule has 22 heavy (non-hydrogen) atoms. The normalized spacial score (nSPS) is 12.5. The predicted octanol–water partition coefficient (Wildman–Crippen LogP) is 2.91. The molecule has 2 heterocycles. The number of benzene rings is 1. The van der Waals surface area contributed by atoms with E-state index in [9.17, 15) is 5.11 Å². The molecule has 3 aromatic rings. The molecule has 1 aromatic carbocycles. The number of nitrogens with zero attached hydrogens (tertiary/aromatic N) is 3. The van der Waals surface area contributed by atoms with Crippen LogP contribution in [-0.4, -0.2) is 38.2 Å². The van der Waals surface area contributed by atoms with Crippen LogP contribution in [0, 0.1) is 0 Å². The number of aromatic nitrogens is 3. The van der Waals surface area contributed by atoms with E-state index in [1.54, 1.807) is 24.3 Å². The van der Waals surface area contributed by atoms with E-state index in [-0.39, 0.29) is 6.61 Å². The van der Waals surface area contributed by atoms with Crippen LogP contribution in [0.25, 0.3) is 5.65 Å². The van der Waals surface area contributed by atoms with Crippen LogP contribution in [0.1, 0.15) is 0 Å². The first-order valence-corrected chi connectivity index (χ1v) is 8.08. The molecule has 3 rings (SSSR count). The zero-order valence-corrected chi connectivity index (χ0v) is 13.2. The van der Waals surface area contributed by atoms with Gasteiger partial charge in [-0.05, 0) is 36.4 Å². The van der Waals surface area contributed by atoms with Crippen molar-refractivity contribution in [1.29, 1.82) is 0 Å². The van der Waals surface area contributed by atoms with Crippen molar-refractivity contribution in [2.75, 3.05) is 12.4 Å². The SMILES string of the molecule is O[C@@H](COc1ccc(Cl)cc1)CSc1nnc2ccccn12. The van der Waals surface area contributed by atoms with Gasteiger partial charge in [-0.25, -0.2) is 0 Å². The lowest BCUT2D eigenvalue weighted by atomic mass is 10.3. The zero-order chi connectivity index (χ0) is 15.4. The van der Waals surface area contributed by atoms with E-state index in [0.29, 0.717) is 16.5 Å². The number of hydrogen-bond donors (Lipinski definition) is 1. The maximum absolute atomic E-state index is 10.0. The summed E-state index contributed by atoms with van der Waals surface area (Å²) in [6, 6.07) is 12.8. The fourth-order valence-corrected chi connectivity index (χ4v) is 2.82. The highest BCUT2D eigenvalue weighted by Gasteiger charge is 2.10. The zero-order valence-electron chi connectivity index (χ0n) is 11.6. The molecule has 7 heteroatoms. The first-order valence-electron chi connectivity index (χ1n) is 6.71. The molecule has 0 saturated heterocycles. The highest BCUT2D eigenvalue weighted by molar-refractivity contribution is 7.99. The molecule has 0 saturated carbocycles. The van der Waals surface area contributed by atoms with E-state index in [4.69, 9.17) is 16.3 Å². The smallest absolute Gasteiger partial charge is 0.195 e. The van der Waals surface area contributed by atoms with Crippen LogP contribution in [0.5, 0.6) is 5.75 Å². The molecule has 0 fully saturated rings. The van der Waals surface area contributed by atoms with Gasteiger partial charge in [-0.3, -0.25) is 4.40 Å². The summed E-state index contributed by atoms with van der Waals surface area (Å²) in [6.45, 7) is 0.214. The number of aliphatic hydroxyl groups is 1. The third-order valence-electron chi connectivity index (χ3n) is 2.94. The van der Waals surface area contributed by atoms with Gasteiger partial charge >= 0.3 is 0 Å². The highest BCUT2D eigenvalue weighted by atomic mass is 35.5. The summed E-state index contributed by atoms with van der Waals surface area (Å²) >= 11 is 7.25. The second kappa shape index (κ2) is 7.00. The number of halogens is 1. The molecule has 5 nitrogen and oxygen atoms in total. The van der Waals surface area contributed by atoms with Crippen LogP contribution in [-0.2, 0) is 0 Å². The molecular weight excluding hydrogens is 322 g/mol. The van der Waals surface area contributed by atoms with E-state index < -0.39 is 6.10 Å². The minimum absolute atomic E-state index is 0.214. The summed E-state index contributed by atoms with van der Waals surface area (Å²) in [5.74, 6) is 1.16. The number of aliphatic hydroxyl groups excluding tert-OH is 1. The molecule has 2 aromatic heterocycles. The van der Waals surface area contributed by atoms with Gasteiger partial charge in [0.2, 0.25) is 0 Å². The molecule has 0 aliphatic heterocycles. The lowest BCUT2D eigenvalue weighted by molar-refractivity contribution is 0.126. The molecule has 0 unspecified atom stereocenters. The minimum Gasteiger partial charge on any atom is -0.491 e. The van der Waals surface area contributed by atoms with Crippen LogP contribution < -0.4 is 4.74 Å². The van der Waals surface area contributed by atoms with Gasteiger partial charge in [0.05, 0.1) is 6.10 Å². The predicted molar refractivity (Wildman–Crippen MR) is 86.7 cm³/mol. The summed E-state index contributed by atoms with van der Waals surface area (Å²) in [7, 11) is 0. The molecule has 0 aliphatic rings. The van der Waals surface area contributed by atoms with Crippen LogP contribution >= 0.6 is 23.4 Å². The molecule has 0 aliphatic carbocycles. The van der Waals surface area contributed by atoms with Crippen molar-refractivity contribution in [2.45, 2.75) is 11.3 Å². The van der Waals surface area contributed by atoms with Crippen LogP contribution in [0.2, 0.25) is 5.02 Å². The maximum Gasteiger partial charge on any atom is 0.195 e. The summed E-state index contributed by atoms with van der Waals surface area (Å²) < 4.78 is 7.40. The molecular formula is C15H14ClN3O2S. The van der Waals surface area contributed by atoms with Gasteiger partial charge in [0.25, 0.3) is 0 Å². The second-order valence-electron chi connectivity index (χ2n) is 4.64. The van der Waals surface area contributed by atoms with Crippen molar-refractivity contribution < 1.29 is 9.84 Å². The second-order valence-corrected chi connectivity index (χ2v) is 6.06. The van der Waals surface area contributed by atoms with Crippen molar-refractivity contribution in [1.82, 2.24) is 14.6 Å². The number of thioether (sulfide) groups is 1. The van der Waals surface area contributed by atoms with Crippen molar-refractivity contribution in [2.24, 2.45) is 0 Å². The Hall–Kier alpha value is -1.76. The third kappa shape index (κ3) is 3.71. The Morgan fingerprint density at radius 2 is 2.00 bits per heavy atom. The molecule has 114 valence electrons. The van der Waals surface area contributed by atoms with Gasteiger partial charge < -0.3 is 9.84 Å². The van der Waals surface area contributed by atoms with Gasteiger partial charge in [-0.2, -0.15) is 0 Å². The summed E-state index contributed by atoms with van der Waals surface area (Å²) in [5.41, 5.74) is 0.789. The third-order valence-corrected chi connectivity index (χ3v) is 4.28. The Kier molecular flexibility index (Phi) is 4.82. The average molecular weight is 336 g/mol. The van der Waals surface area contributed by atoms with Crippen molar-refractivity contribution in [3.63, 3.8) is 0 Å². The van der Waals surface area contributed by atoms with Crippen molar-refractivity contribution >= 4 is 29.0 Å². The van der Waals surface area contributed by atoms with E-state index in [1.807, 2.05) is 28.8 Å². The van der Waals surface area contributed by atoms with Gasteiger partial charge in [-0.1, -0.05) is 29.4 Å². The quantitative estimate of drug-likeness (QED) is 0.702. The largest absolute Gasteiger partial charge is 0.491 e. The standard InChI is InChI=1S/C15H14ClN3O2S/c16-11-4-6-13(7-5-11)21-9-12(20)10-22-15-18-17-14-3-1-2-8-19(14)15/h1-8,12,20H,9-10H2/t12-/m0/s1. The molecule has 0 radical (unpaired) electrons. The lowest BCUT2D eigenvalue weighted by Gasteiger charge is -2.11. The van der Waals surface area contributed by atoms with E-state index in [2.05, 4.69) is 10.2 Å². The highest BCUT2D eigenvalue weighted by Crippen LogP contribution is 2.19.